The summed E-state index contributed by atoms with van der Waals surface area (Å²) in [6.07, 6.45) is 15.8. The maximum atomic E-state index is 12.6. The average Bonchev–Trinajstić information content (AvgIpc) is 3.21. The van der Waals surface area contributed by atoms with Crippen LogP contribution in [0, 0.1) is 0 Å². The summed E-state index contributed by atoms with van der Waals surface area (Å²) in [4.78, 5) is 20.4. The maximum absolute atomic E-state index is 12.6. The van der Waals surface area contributed by atoms with E-state index in [0.29, 0.717) is 17.3 Å². The smallest absolute Gasteiger partial charge is 0.251 e. The first-order chi connectivity index (χ1) is 14.0. The SMILES string of the molecule is CC1=CCC=C(C(=O)N[C@@H](C)c2nc(-c3cc4c([nH]3)=CCC=C(C)C=4)no2)C=C1. The molecule has 148 valence electrons. The normalized spacial score (nSPS) is 16.9. The molecule has 2 heterocycles. The van der Waals surface area contributed by atoms with E-state index in [-0.39, 0.29) is 5.91 Å². The van der Waals surface area contributed by atoms with E-state index in [4.69, 9.17) is 4.52 Å². The number of fused-ring (bicyclic) bond motifs is 1. The summed E-state index contributed by atoms with van der Waals surface area (Å²) >= 11 is 0. The third kappa shape index (κ3) is 4.21. The van der Waals surface area contributed by atoms with E-state index >= 15 is 0 Å². The van der Waals surface area contributed by atoms with Crippen LogP contribution in [-0.4, -0.2) is 21.0 Å². The summed E-state index contributed by atoms with van der Waals surface area (Å²) < 4.78 is 5.41. The van der Waals surface area contributed by atoms with Gasteiger partial charge in [-0.05, 0) is 45.8 Å². The molecule has 1 atom stereocenters. The fraction of sp³-hybridized carbons (Fsp3) is 0.261. The predicted octanol–water partition coefficient (Wildman–Crippen LogP) is 2.99. The lowest BCUT2D eigenvalue weighted by atomic mass is 10.2. The Kier molecular flexibility index (Phi) is 5.16. The number of hydrogen-bond donors (Lipinski definition) is 2. The lowest BCUT2D eigenvalue weighted by Crippen LogP contribution is -2.27. The van der Waals surface area contributed by atoms with E-state index in [1.165, 1.54) is 5.57 Å². The molecule has 0 saturated carbocycles. The Hall–Kier alpha value is -3.41. The van der Waals surface area contributed by atoms with Gasteiger partial charge in [-0.3, -0.25) is 4.79 Å². The maximum Gasteiger partial charge on any atom is 0.251 e. The molecule has 6 heteroatoms. The number of amides is 1. The number of nitrogens with zero attached hydrogens (tertiary/aromatic N) is 2. The van der Waals surface area contributed by atoms with Crippen molar-refractivity contribution in [2.45, 2.75) is 39.7 Å². The molecule has 4 rings (SSSR count). The first kappa shape index (κ1) is 18.9. The number of carbonyl (C=O) groups is 1. The molecule has 2 aliphatic carbocycles. The van der Waals surface area contributed by atoms with Crippen LogP contribution in [-0.2, 0) is 4.79 Å². The summed E-state index contributed by atoms with van der Waals surface area (Å²) in [6, 6.07) is 1.62. The predicted molar refractivity (Wildman–Crippen MR) is 113 cm³/mol. The van der Waals surface area contributed by atoms with E-state index in [9.17, 15) is 4.79 Å². The van der Waals surface area contributed by atoms with Crippen molar-refractivity contribution in [2.75, 3.05) is 0 Å². The van der Waals surface area contributed by atoms with Gasteiger partial charge in [-0.1, -0.05) is 52.8 Å². The number of aromatic nitrogens is 3. The van der Waals surface area contributed by atoms with Gasteiger partial charge in [-0.2, -0.15) is 4.98 Å². The van der Waals surface area contributed by atoms with E-state index in [0.717, 1.165) is 34.7 Å². The zero-order valence-corrected chi connectivity index (χ0v) is 16.8. The van der Waals surface area contributed by atoms with Gasteiger partial charge in [0.05, 0.1) is 5.69 Å². The van der Waals surface area contributed by atoms with Crippen molar-refractivity contribution in [1.82, 2.24) is 20.4 Å². The lowest BCUT2D eigenvalue weighted by molar-refractivity contribution is -0.118. The Bertz CT molecular complexity index is 1190. The molecular weight excluding hydrogens is 364 g/mol. The van der Waals surface area contributed by atoms with E-state index in [1.54, 1.807) is 0 Å². The minimum absolute atomic E-state index is 0.158. The fourth-order valence-electron chi connectivity index (χ4n) is 3.32. The molecule has 2 N–H and O–H groups in total. The third-order valence-electron chi connectivity index (χ3n) is 4.99. The second kappa shape index (κ2) is 7.91. The molecule has 1 amide bonds. The topological polar surface area (TPSA) is 83.8 Å². The summed E-state index contributed by atoms with van der Waals surface area (Å²) in [7, 11) is 0. The Morgan fingerprint density at radius 1 is 1.14 bits per heavy atom. The summed E-state index contributed by atoms with van der Waals surface area (Å²) in [5.74, 6) is 0.690. The Balaban J connectivity index is 1.50. The molecule has 0 fully saturated rings. The van der Waals surface area contributed by atoms with Crippen LogP contribution in [0.2, 0.25) is 0 Å². The zero-order chi connectivity index (χ0) is 20.4. The monoisotopic (exact) mass is 388 g/mol. The van der Waals surface area contributed by atoms with Crippen LogP contribution in [0.1, 0.15) is 45.5 Å². The second-order valence-corrected chi connectivity index (χ2v) is 7.41. The number of aromatic amines is 1. The van der Waals surface area contributed by atoms with Gasteiger partial charge >= 0.3 is 0 Å². The average molecular weight is 388 g/mol. The van der Waals surface area contributed by atoms with E-state index in [1.807, 2.05) is 38.1 Å². The highest BCUT2D eigenvalue weighted by Gasteiger charge is 2.19. The van der Waals surface area contributed by atoms with Gasteiger partial charge in [0.2, 0.25) is 11.7 Å². The Labute approximate surface area is 169 Å². The molecule has 0 radical (unpaired) electrons. The van der Waals surface area contributed by atoms with Gasteiger partial charge < -0.3 is 14.8 Å². The van der Waals surface area contributed by atoms with Crippen LogP contribution < -0.4 is 15.9 Å². The van der Waals surface area contributed by atoms with Gasteiger partial charge in [-0.15, -0.1) is 0 Å². The summed E-state index contributed by atoms with van der Waals surface area (Å²) in [5, 5.41) is 9.18. The minimum Gasteiger partial charge on any atom is -0.352 e. The van der Waals surface area contributed by atoms with Crippen LogP contribution in [0.5, 0.6) is 0 Å². The fourth-order valence-corrected chi connectivity index (χ4v) is 3.32. The standard InChI is InChI=1S/C23H24N4O2/c1-14-6-4-8-17(11-10-14)22(28)24-16(3)23-26-21(27-29-23)20-13-18-12-15(2)7-5-9-19(18)25-20/h6-13,16,25H,4-5H2,1-3H3,(H,24,28)/t16-/m0/s1. The van der Waals surface area contributed by atoms with Crippen LogP contribution >= 0.6 is 0 Å². The van der Waals surface area contributed by atoms with Crippen molar-refractivity contribution in [2.24, 2.45) is 0 Å². The molecule has 2 aromatic rings. The molecule has 29 heavy (non-hydrogen) atoms. The van der Waals surface area contributed by atoms with E-state index < -0.39 is 6.04 Å². The number of carbonyl (C=O) groups excluding carboxylic acids is 1. The van der Waals surface area contributed by atoms with Gasteiger partial charge in [0.25, 0.3) is 5.91 Å². The van der Waals surface area contributed by atoms with Crippen molar-refractivity contribution in [3.8, 4) is 11.5 Å². The van der Waals surface area contributed by atoms with Crippen molar-refractivity contribution < 1.29 is 9.32 Å². The molecule has 0 spiro atoms. The Morgan fingerprint density at radius 3 is 2.79 bits per heavy atom. The molecule has 0 aliphatic heterocycles. The van der Waals surface area contributed by atoms with Gasteiger partial charge in [0.15, 0.2) is 0 Å². The summed E-state index contributed by atoms with van der Waals surface area (Å²) in [6.45, 7) is 5.93. The van der Waals surface area contributed by atoms with Crippen molar-refractivity contribution in [1.29, 1.82) is 0 Å². The lowest BCUT2D eigenvalue weighted by Gasteiger charge is -2.09. The minimum atomic E-state index is -0.397. The zero-order valence-electron chi connectivity index (χ0n) is 16.8. The summed E-state index contributed by atoms with van der Waals surface area (Å²) in [5.41, 5.74) is 3.79. The van der Waals surface area contributed by atoms with Crippen LogP contribution in [0.25, 0.3) is 23.7 Å². The molecule has 0 saturated heterocycles. The van der Waals surface area contributed by atoms with Crippen LogP contribution in [0.4, 0.5) is 0 Å². The van der Waals surface area contributed by atoms with Gasteiger partial charge in [0, 0.05) is 16.1 Å². The Morgan fingerprint density at radius 2 is 1.93 bits per heavy atom. The molecule has 2 aliphatic rings. The highest BCUT2D eigenvalue weighted by molar-refractivity contribution is 5.96. The van der Waals surface area contributed by atoms with Crippen LogP contribution in [0.3, 0.4) is 0 Å². The molecule has 0 bridgehead atoms. The highest BCUT2D eigenvalue weighted by atomic mass is 16.5. The van der Waals surface area contributed by atoms with Gasteiger partial charge in [-0.25, -0.2) is 0 Å². The van der Waals surface area contributed by atoms with Crippen molar-refractivity contribution >= 4 is 18.1 Å². The number of rotatable bonds is 4. The van der Waals surface area contributed by atoms with Crippen LogP contribution in [0.15, 0.2) is 57.7 Å². The first-order valence-corrected chi connectivity index (χ1v) is 9.77. The molecular formula is C23H24N4O2. The molecule has 6 nitrogen and oxygen atoms in total. The molecule has 2 aromatic heterocycles. The quantitative estimate of drug-likeness (QED) is 0.843. The van der Waals surface area contributed by atoms with Crippen molar-refractivity contribution in [3.05, 3.63) is 69.6 Å². The molecule has 0 unspecified atom stereocenters. The van der Waals surface area contributed by atoms with Crippen molar-refractivity contribution in [3.63, 3.8) is 0 Å². The molecule has 0 aromatic carbocycles. The second-order valence-electron chi connectivity index (χ2n) is 7.41. The highest BCUT2D eigenvalue weighted by Crippen LogP contribution is 2.17. The number of nitrogens with one attached hydrogen (secondary N) is 2. The van der Waals surface area contributed by atoms with E-state index in [2.05, 4.69) is 51.7 Å². The van der Waals surface area contributed by atoms with Gasteiger partial charge in [0.1, 0.15) is 6.04 Å². The third-order valence-corrected chi connectivity index (χ3v) is 4.99. The number of hydrogen-bond acceptors (Lipinski definition) is 4. The largest absolute Gasteiger partial charge is 0.352 e. The first-order valence-electron chi connectivity index (χ1n) is 9.77. The number of H-pyrrole nitrogens is 1. The number of allylic oxidation sites excluding steroid dienone is 6.